The molecule has 0 spiro atoms. The molecule has 10 heteroatoms. The van der Waals surface area contributed by atoms with Gasteiger partial charge in [0.2, 0.25) is 0 Å². The third-order valence-electron chi connectivity index (χ3n) is 6.36. The lowest BCUT2D eigenvalue weighted by Crippen LogP contribution is -2.28. The molecule has 1 saturated carbocycles. The zero-order valence-electron chi connectivity index (χ0n) is 21.7. The van der Waals surface area contributed by atoms with Gasteiger partial charge in [-0.2, -0.15) is 0 Å². The highest BCUT2D eigenvalue weighted by atomic mass is 79.9. The Balaban J connectivity index is 0.000000255. The molecule has 1 fully saturated rings. The molecule has 1 aliphatic carbocycles. The van der Waals surface area contributed by atoms with E-state index in [4.69, 9.17) is 32.7 Å². The number of aliphatic carboxylic acids is 1. The van der Waals surface area contributed by atoms with Crippen LogP contribution in [0.15, 0.2) is 70.7 Å². The molecule has 0 aromatic heterocycles. The van der Waals surface area contributed by atoms with E-state index in [2.05, 4.69) is 44.8 Å². The minimum absolute atomic E-state index is 0.0961. The number of hydrogen-bond acceptors (Lipinski definition) is 5. The summed E-state index contributed by atoms with van der Waals surface area (Å²) in [5, 5.41) is 16.1. The van der Waals surface area contributed by atoms with E-state index < -0.39 is 11.8 Å². The topological polar surface area (TPSA) is 79.8 Å². The van der Waals surface area contributed by atoms with Gasteiger partial charge in [0.1, 0.15) is 24.8 Å². The third kappa shape index (κ3) is 8.94. The molecule has 40 heavy (non-hydrogen) atoms. The van der Waals surface area contributed by atoms with E-state index in [9.17, 15) is 14.3 Å². The predicted molar refractivity (Wildman–Crippen MR) is 160 cm³/mol. The second kappa shape index (κ2) is 14.8. The van der Waals surface area contributed by atoms with Crippen molar-refractivity contribution in [3.8, 4) is 11.5 Å². The lowest BCUT2D eigenvalue weighted by Gasteiger charge is -2.19. The van der Waals surface area contributed by atoms with E-state index >= 15 is 0 Å². The lowest BCUT2D eigenvalue weighted by molar-refractivity contribution is -0.132. The molecule has 3 aromatic carbocycles. The average molecular weight is 652 g/mol. The maximum absolute atomic E-state index is 13.2. The summed E-state index contributed by atoms with van der Waals surface area (Å²) in [6, 6.07) is 18.6. The van der Waals surface area contributed by atoms with Crippen molar-refractivity contribution in [1.29, 1.82) is 0 Å². The number of ether oxygens (including phenoxy) is 2. The molecule has 3 N–H and O–H groups in total. The van der Waals surface area contributed by atoms with Gasteiger partial charge in [-0.3, -0.25) is 0 Å². The number of halogens is 4. The molecule has 2 aliphatic rings. The van der Waals surface area contributed by atoms with Crippen molar-refractivity contribution < 1.29 is 23.8 Å². The van der Waals surface area contributed by atoms with Crippen LogP contribution in [0, 0.1) is 5.82 Å². The fraction of sp³-hybridized carbons (Fsp3) is 0.300. The number of hydrogen-bond donors (Lipinski definition) is 3. The number of carboxylic acid groups (broad SMARTS) is 1. The Morgan fingerprint density at radius 2 is 1.73 bits per heavy atom. The van der Waals surface area contributed by atoms with Crippen LogP contribution < -0.4 is 20.1 Å². The number of carboxylic acids is 1. The fourth-order valence-corrected chi connectivity index (χ4v) is 5.11. The second-order valence-corrected chi connectivity index (χ2v) is 11.0. The highest BCUT2D eigenvalue weighted by Crippen LogP contribution is 2.33. The molecule has 0 radical (unpaired) electrons. The van der Waals surface area contributed by atoms with Crippen molar-refractivity contribution in [2.45, 2.75) is 31.8 Å². The van der Waals surface area contributed by atoms with Gasteiger partial charge in [-0.05, 0) is 72.8 Å². The molecule has 5 rings (SSSR count). The standard InChI is InChI=1S/C20H18Cl2FNO4.C10H12BrN/c21-17-9-13(23)10-18(22)19(17)28-8-7-27-14-3-1-12(2-4-14)15-5-6-24-11-16(15)20(25)26;11-10-4-2-1-3-8(10)7-12-9-5-6-9/h1-4,9-10,24H,5-8,11H2,(H,25,26);1-4,9,12H,5-7H2. The summed E-state index contributed by atoms with van der Waals surface area (Å²) in [5.74, 6) is -0.607. The fourth-order valence-electron chi connectivity index (χ4n) is 4.11. The largest absolute Gasteiger partial charge is 0.490 e. The number of carbonyl (C=O) groups is 1. The van der Waals surface area contributed by atoms with Gasteiger partial charge in [0.25, 0.3) is 0 Å². The molecule has 0 unspecified atom stereocenters. The van der Waals surface area contributed by atoms with E-state index in [0.29, 0.717) is 24.3 Å². The van der Waals surface area contributed by atoms with Gasteiger partial charge in [0, 0.05) is 23.6 Å². The number of benzene rings is 3. The number of nitrogens with one attached hydrogen (secondary N) is 2. The first-order chi connectivity index (χ1) is 19.3. The van der Waals surface area contributed by atoms with Crippen LogP contribution in [0.5, 0.6) is 11.5 Å². The van der Waals surface area contributed by atoms with Gasteiger partial charge in [0.15, 0.2) is 5.75 Å². The summed E-state index contributed by atoms with van der Waals surface area (Å²) >= 11 is 15.4. The highest BCUT2D eigenvalue weighted by molar-refractivity contribution is 9.10. The maximum atomic E-state index is 13.2. The van der Waals surface area contributed by atoms with Crippen LogP contribution in [-0.4, -0.2) is 43.4 Å². The lowest BCUT2D eigenvalue weighted by atomic mass is 9.94. The summed E-state index contributed by atoms with van der Waals surface area (Å²) < 4.78 is 25.5. The van der Waals surface area contributed by atoms with Crippen molar-refractivity contribution in [3.05, 3.63) is 97.7 Å². The van der Waals surface area contributed by atoms with E-state index in [0.717, 1.165) is 42.4 Å². The van der Waals surface area contributed by atoms with E-state index in [-0.39, 0.29) is 29.0 Å². The summed E-state index contributed by atoms with van der Waals surface area (Å²) in [6.07, 6.45) is 3.36. The molecule has 6 nitrogen and oxygen atoms in total. The Morgan fingerprint density at radius 3 is 2.38 bits per heavy atom. The monoisotopic (exact) mass is 650 g/mol. The molecule has 0 amide bonds. The Morgan fingerprint density at radius 1 is 1.05 bits per heavy atom. The highest BCUT2D eigenvalue weighted by Gasteiger charge is 2.20. The van der Waals surface area contributed by atoms with Gasteiger partial charge in [-0.1, -0.05) is 69.5 Å². The van der Waals surface area contributed by atoms with Crippen molar-refractivity contribution in [2.24, 2.45) is 0 Å². The summed E-state index contributed by atoms with van der Waals surface area (Å²) in [5.41, 5.74) is 3.44. The molecule has 0 atom stereocenters. The summed E-state index contributed by atoms with van der Waals surface area (Å²) in [6.45, 7) is 2.50. The maximum Gasteiger partial charge on any atom is 0.333 e. The molecule has 0 saturated heterocycles. The summed E-state index contributed by atoms with van der Waals surface area (Å²) in [4.78, 5) is 11.4. The Bertz CT molecular complexity index is 1330. The van der Waals surface area contributed by atoms with Crippen molar-refractivity contribution in [3.63, 3.8) is 0 Å². The molecule has 3 aromatic rings. The van der Waals surface area contributed by atoms with Crippen LogP contribution in [0.4, 0.5) is 4.39 Å². The summed E-state index contributed by atoms with van der Waals surface area (Å²) in [7, 11) is 0. The molecule has 0 bridgehead atoms. The second-order valence-electron chi connectivity index (χ2n) is 9.36. The zero-order chi connectivity index (χ0) is 28.5. The first-order valence-electron chi connectivity index (χ1n) is 12.9. The van der Waals surface area contributed by atoms with Crippen LogP contribution >= 0.6 is 39.1 Å². The number of rotatable bonds is 10. The molecule has 212 valence electrons. The SMILES string of the molecule is Brc1ccccc1CNC1CC1.O=C(O)C1=C(c2ccc(OCCOc3c(Cl)cc(F)cc3Cl)cc2)CCNC1. The minimum atomic E-state index is -0.905. The zero-order valence-corrected chi connectivity index (χ0v) is 24.8. The first-order valence-corrected chi connectivity index (χ1v) is 14.5. The predicted octanol–water partition coefficient (Wildman–Crippen LogP) is 7.12. The van der Waals surface area contributed by atoms with Crippen LogP contribution in [-0.2, 0) is 11.3 Å². The van der Waals surface area contributed by atoms with Gasteiger partial charge in [-0.15, -0.1) is 0 Å². The first kappa shape index (κ1) is 30.3. The molecule has 1 heterocycles. The van der Waals surface area contributed by atoms with Crippen molar-refractivity contribution >= 4 is 50.7 Å². The normalized spacial score (nSPS) is 14.8. The molecule has 1 aliphatic heterocycles. The van der Waals surface area contributed by atoms with Crippen LogP contribution in [0.3, 0.4) is 0 Å². The Hall–Kier alpha value is -2.62. The van der Waals surface area contributed by atoms with Crippen LogP contribution in [0.1, 0.15) is 30.4 Å². The van der Waals surface area contributed by atoms with E-state index in [1.54, 1.807) is 12.1 Å². The molecular formula is C30H30BrCl2FN2O4. The molecular weight excluding hydrogens is 622 g/mol. The van der Waals surface area contributed by atoms with Gasteiger partial charge < -0.3 is 25.2 Å². The average Bonchev–Trinajstić information content (AvgIpc) is 3.77. The smallest absolute Gasteiger partial charge is 0.333 e. The van der Waals surface area contributed by atoms with E-state index in [1.807, 2.05) is 18.2 Å². The quantitative estimate of drug-likeness (QED) is 0.203. The van der Waals surface area contributed by atoms with Crippen molar-refractivity contribution in [2.75, 3.05) is 26.3 Å². The van der Waals surface area contributed by atoms with Gasteiger partial charge in [-0.25, -0.2) is 9.18 Å². The van der Waals surface area contributed by atoms with Gasteiger partial charge in [0.05, 0.1) is 15.6 Å². The Labute approximate surface area is 251 Å². The van der Waals surface area contributed by atoms with Crippen LogP contribution in [0.2, 0.25) is 10.0 Å². The Kier molecular flexibility index (Phi) is 11.3. The van der Waals surface area contributed by atoms with Crippen molar-refractivity contribution in [1.82, 2.24) is 10.6 Å². The van der Waals surface area contributed by atoms with E-state index in [1.165, 1.54) is 22.9 Å². The van der Waals surface area contributed by atoms with Crippen LogP contribution in [0.25, 0.3) is 5.57 Å². The van der Waals surface area contributed by atoms with Gasteiger partial charge >= 0.3 is 5.97 Å². The minimum Gasteiger partial charge on any atom is -0.490 e. The third-order valence-corrected chi connectivity index (χ3v) is 7.69.